The second kappa shape index (κ2) is 7.25. The monoisotopic (exact) mass is 358 g/mol. The van der Waals surface area contributed by atoms with Crippen LogP contribution in [0.3, 0.4) is 0 Å². The molecule has 26 heavy (non-hydrogen) atoms. The second-order valence-electron chi connectivity index (χ2n) is 8.78. The number of rotatable bonds is 2. The van der Waals surface area contributed by atoms with Gasteiger partial charge in [-0.2, -0.15) is 0 Å². The quantitative estimate of drug-likeness (QED) is 0.884. The number of hydrogen-bond acceptors (Lipinski definition) is 3. The molecule has 6 nitrogen and oxygen atoms in total. The molecule has 1 spiro atoms. The summed E-state index contributed by atoms with van der Waals surface area (Å²) in [5.74, 6) is 0.229. The Labute approximate surface area is 156 Å². The Balaban J connectivity index is 1.59. The number of carbonyl (C=O) groups excluding carboxylic acids is 2. The molecule has 2 aliphatic heterocycles. The predicted molar refractivity (Wildman–Crippen MR) is 100 cm³/mol. The highest BCUT2D eigenvalue weighted by Crippen LogP contribution is 2.40. The first-order chi connectivity index (χ1) is 12.3. The molecule has 1 aromatic rings. The highest BCUT2D eigenvalue weighted by molar-refractivity contribution is 5.77. The molecule has 3 heterocycles. The van der Waals surface area contributed by atoms with Crippen molar-refractivity contribution in [3.05, 3.63) is 30.1 Å². The largest absolute Gasteiger partial charge is 0.338 e. The number of aromatic nitrogens is 1. The van der Waals surface area contributed by atoms with E-state index in [-0.39, 0.29) is 22.9 Å². The van der Waals surface area contributed by atoms with Crippen LogP contribution in [0.1, 0.15) is 52.0 Å². The molecule has 3 rings (SSSR count). The van der Waals surface area contributed by atoms with Gasteiger partial charge in [-0.15, -0.1) is 0 Å². The van der Waals surface area contributed by atoms with E-state index in [1.165, 1.54) is 0 Å². The van der Waals surface area contributed by atoms with E-state index in [1.807, 2.05) is 48.9 Å². The predicted octanol–water partition coefficient (Wildman–Crippen LogP) is 2.79. The average Bonchev–Trinajstić information content (AvgIpc) is 2.58. The summed E-state index contributed by atoms with van der Waals surface area (Å²) in [6.45, 7) is 8.93. The van der Waals surface area contributed by atoms with Crippen molar-refractivity contribution < 1.29 is 9.59 Å². The van der Waals surface area contributed by atoms with Gasteiger partial charge in [0.25, 0.3) is 0 Å². The van der Waals surface area contributed by atoms with Crippen molar-refractivity contribution in [3.8, 4) is 0 Å². The summed E-state index contributed by atoms with van der Waals surface area (Å²) in [4.78, 5) is 32.8. The summed E-state index contributed by atoms with van der Waals surface area (Å²) >= 11 is 0. The van der Waals surface area contributed by atoms with Gasteiger partial charge in [0.15, 0.2) is 0 Å². The van der Waals surface area contributed by atoms with Crippen LogP contribution in [-0.4, -0.2) is 51.9 Å². The van der Waals surface area contributed by atoms with Gasteiger partial charge in [-0.1, -0.05) is 6.07 Å². The Morgan fingerprint density at radius 3 is 2.62 bits per heavy atom. The van der Waals surface area contributed by atoms with Crippen LogP contribution in [0.2, 0.25) is 0 Å². The van der Waals surface area contributed by atoms with Crippen molar-refractivity contribution in [2.45, 2.75) is 58.5 Å². The van der Waals surface area contributed by atoms with Gasteiger partial charge in [-0.05, 0) is 57.1 Å². The first-order valence-electron chi connectivity index (χ1n) is 9.50. The van der Waals surface area contributed by atoms with Gasteiger partial charge in [0.2, 0.25) is 5.91 Å². The first-order valence-corrected chi connectivity index (χ1v) is 9.50. The molecule has 1 aromatic heterocycles. The summed E-state index contributed by atoms with van der Waals surface area (Å²) < 4.78 is 0. The molecule has 0 aromatic carbocycles. The summed E-state index contributed by atoms with van der Waals surface area (Å²) in [5.41, 5.74) is 0.999. The number of nitrogens with zero attached hydrogens (tertiary/aromatic N) is 3. The zero-order chi connectivity index (χ0) is 18.8. The van der Waals surface area contributed by atoms with Crippen molar-refractivity contribution >= 4 is 11.9 Å². The zero-order valence-corrected chi connectivity index (χ0v) is 16.1. The molecular weight excluding hydrogens is 328 g/mol. The lowest BCUT2D eigenvalue weighted by molar-refractivity contribution is -0.139. The number of carbonyl (C=O) groups is 2. The van der Waals surface area contributed by atoms with Crippen LogP contribution in [0.4, 0.5) is 4.79 Å². The summed E-state index contributed by atoms with van der Waals surface area (Å²) in [6.07, 6.45) is 7.04. The topological polar surface area (TPSA) is 65.5 Å². The number of nitrogens with one attached hydrogen (secondary N) is 1. The van der Waals surface area contributed by atoms with Gasteiger partial charge in [-0.25, -0.2) is 4.79 Å². The molecule has 0 saturated carbocycles. The number of piperidine rings is 2. The summed E-state index contributed by atoms with van der Waals surface area (Å²) in [6, 6.07) is 3.94. The molecule has 0 atom stereocenters. The smallest absolute Gasteiger partial charge is 0.317 e. The molecule has 142 valence electrons. The lowest BCUT2D eigenvalue weighted by Gasteiger charge is -2.47. The average molecular weight is 358 g/mol. The minimum atomic E-state index is -0.218. The van der Waals surface area contributed by atoms with E-state index in [4.69, 9.17) is 0 Å². The fourth-order valence-corrected chi connectivity index (χ4v) is 3.95. The zero-order valence-electron chi connectivity index (χ0n) is 16.1. The summed E-state index contributed by atoms with van der Waals surface area (Å²) in [5, 5.41) is 3.04. The SMILES string of the molecule is CC(C)(C)NC(=O)N1CCC2(CCC(=O)N(Cc3cccnc3)C2)CC1. The normalized spacial score (nSPS) is 20.3. The number of likely N-dealkylation sites (tertiary alicyclic amines) is 2. The fourth-order valence-electron chi connectivity index (χ4n) is 3.95. The minimum absolute atomic E-state index is 0.0199. The van der Waals surface area contributed by atoms with Gasteiger partial charge in [0.05, 0.1) is 0 Å². The molecule has 2 saturated heterocycles. The molecule has 3 amide bonds. The van der Waals surface area contributed by atoms with Crippen molar-refractivity contribution in [1.29, 1.82) is 0 Å². The van der Waals surface area contributed by atoms with Gasteiger partial charge in [0.1, 0.15) is 0 Å². The third-order valence-electron chi connectivity index (χ3n) is 5.44. The van der Waals surface area contributed by atoms with Crippen LogP contribution >= 0.6 is 0 Å². The van der Waals surface area contributed by atoms with Crippen molar-refractivity contribution in [3.63, 3.8) is 0 Å². The molecule has 0 bridgehead atoms. The van der Waals surface area contributed by atoms with Crippen LogP contribution in [0, 0.1) is 5.41 Å². The standard InChI is InChI=1S/C20H30N4O2/c1-19(2,3)22-18(26)23-11-8-20(9-12-23)7-6-17(25)24(15-20)14-16-5-4-10-21-13-16/h4-5,10,13H,6-9,11-12,14-15H2,1-3H3,(H,22,26). The third kappa shape index (κ3) is 4.54. The highest BCUT2D eigenvalue weighted by Gasteiger charge is 2.41. The lowest BCUT2D eigenvalue weighted by Crippen LogP contribution is -2.55. The Kier molecular flexibility index (Phi) is 5.21. The van der Waals surface area contributed by atoms with Crippen molar-refractivity contribution in [2.24, 2.45) is 5.41 Å². The van der Waals surface area contributed by atoms with Crippen LogP contribution < -0.4 is 5.32 Å². The maximum Gasteiger partial charge on any atom is 0.317 e. The second-order valence-corrected chi connectivity index (χ2v) is 8.78. The Morgan fingerprint density at radius 2 is 2.00 bits per heavy atom. The Bertz CT molecular complexity index is 646. The molecule has 0 unspecified atom stereocenters. The minimum Gasteiger partial charge on any atom is -0.338 e. The van der Waals surface area contributed by atoms with E-state index in [2.05, 4.69) is 10.3 Å². The third-order valence-corrected chi connectivity index (χ3v) is 5.44. The van der Waals surface area contributed by atoms with Crippen molar-refractivity contribution in [2.75, 3.05) is 19.6 Å². The number of urea groups is 1. The number of pyridine rings is 1. The lowest BCUT2D eigenvalue weighted by atomic mass is 9.72. The molecule has 2 fully saturated rings. The van der Waals surface area contributed by atoms with Crippen molar-refractivity contribution in [1.82, 2.24) is 20.1 Å². The molecular formula is C20H30N4O2. The van der Waals surface area contributed by atoms with Gasteiger partial charge in [0, 0.05) is 50.5 Å². The Hall–Kier alpha value is -2.11. The van der Waals surface area contributed by atoms with E-state index in [9.17, 15) is 9.59 Å². The first kappa shape index (κ1) is 18.7. The van der Waals surface area contributed by atoms with Crippen LogP contribution in [-0.2, 0) is 11.3 Å². The van der Waals surface area contributed by atoms with E-state index < -0.39 is 0 Å². The maximum atomic E-state index is 12.4. The number of amides is 3. The fraction of sp³-hybridized carbons (Fsp3) is 0.650. The Morgan fingerprint density at radius 1 is 1.27 bits per heavy atom. The van der Waals surface area contributed by atoms with Gasteiger partial charge in [-0.3, -0.25) is 9.78 Å². The molecule has 0 radical (unpaired) electrons. The van der Waals surface area contributed by atoms with E-state index in [0.29, 0.717) is 13.0 Å². The van der Waals surface area contributed by atoms with E-state index in [1.54, 1.807) is 6.20 Å². The molecule has 6 heteroatoms. The maximum absolute atomic E-state index is 12.4. The van der Waals surface area contributed by atoms with E-state index in [0.717, 1.165) is 44.5 Å². The highest BCUT2D eigenvalue weighted by atomic mass is 16.2. The van der Waals surface area contributed by atoms with Gasteiger partial charge >= 0.3 is 6.03 Å². The van der Waals surface area contributed by atoms with Crippen LogP contribution in [0.15, 0.2) is 24.5 Å². The summed E-state index contributed by atoms with van der Waals surface area (Å²) in [7, 11) is 0. The molecule has 1 N–H and O–H groups in total. The van der Waals surface area contributed by atoms with Gasteiger partial charge < -0.3 is 15.1 Å². The van der Waals surface area contributed by atoms with Crippen LogP contribution in [0.25, 0.3) is 0 Å². The van der Waals surface area contributed by atoms with E-state index >= 15 is 0 Å². The molecule has 0 aliphatic carbocycles. The molecule has 2 aliphatic rings. The number of hydrogen-bond donors (Lipinski definition) is 1. The van der Waals surface area contributed by atoms with Crippen LogP contribution in [0.5, 0.6) is 0 Å².